The lowest BCUT2D eigenvalue weighted by molar-refractivity contribution is 0.0927. The normalized spacial score (nSPS) is 13.4. The zero-order valence-corrected chi connectivity index (χ0v) is 15.1. The maximum absolute atomic E-state index is 11.7. The van der Waals surface area contributed by atoms with E-state index in [2.05, 4.69) is 20.9 Å². The summed E-state index contributed by atoms with van der Waals surface area (Å²) in [7, 11) is -2.98. The predicted molar refractivity (Wildman–Crippen MR) is 93.9 cm³/mol. The van der Waals surface area contributed by atoms with Crippen molar-refractivity contribution in [3.8, 4) is 0 Å². The summed E-state index contributed by atoms with van der Waals surface area (Å²) in [6.07, 6.45) is 3.16. The molecule has 136 valence electrons. The number of hydrogen-bond donors (Lipinski definition) is 3. The van der Waals surface area contributed by atoms with E-state index in [1.54, 1.807) is 12.1 Å². The number of hydrogen-bond acceptors (Lipinski definition) is 5. The maximum atomic E-state index is 11.7. The molecule has 1 rings (SSSR count). The number of rotatable bonds is 9. The molecule has 3 N–H and O–H groups in total. The molecule has 0 spiro atoms. The minimum absolute atomic E-state index is 0.0322. The van der Waals surface area contributed by atoms with E-state index in [-0.39, 0.29) is 23.5 Å². The lowest BCUT2D eigenvalue weighted by Crippen LogP contribution is -2.43. The highest BCUT2D eigenvalue weighted by molar-refractivity contribution is 7.90. The number of nitrogens with zero attached hydrogens (tertiary/aromatic N) is 1. The van der Waals surface area contributed by atoms with E-state index >= 15 is 0 Å². The molecule has 1 atom stereocenters. The molecular formula is C15H26N4O4S. The van der Waals surface area contributed by atoms with E-state index in [1.165, 1.54) is 12.5 Å². The van der Waals surface area contributed by atoms with Gasteiger partial charge in [0.1, 0.15) is 9.84 Å². The first-order chi connectivity index (χ1) is 11.3. The van der Waals surface area contributed by atoms with Gasteiger partial charge < -0.3 is 20.4 Å². The Kier molecular flexibility index (Phi) is 8.31. The molecule has 1 amide bonds. The van der Waals surface area contributed by atoms with Gasteiger partial charge in [0.15, 0.2) is 11.7 Å². The lowest BCUT2D eigenvalue weighted by atomic mass is 10.3. The first-order valence-electron chi connectivity index (χ1n) is 7.86. The molecular weight excluding hydrogens is 332 g/mol. The molecule has 0 aliphatic carbocycles. The summed E-state index contributed by atoms with van der Waals surface area (Å²) in [5.74, 6) is 0.693. The van der Waals surface area contributed by atoms with Gasteiger partial charge in [0.05, 0.1) is 18.6 Å². The number of sulfone groups is 1. The van der Waals surface area contributed by atoms with Crippen LogP contribution in [0, 0.1) is 0 Å². The topological polar surface area (TPSA) is 113 Å². The van der Waals surface area contributed by atoms with Gasteiger partial charge >= 0.3 is 0 Å². The van der Waals surface area contributed by atoms with E-state index in [0.29, 0.717) is 32.0 Å². The second-order valence-electron chi connectivity index (χ2n) is 5.46. The summed E-state index contributed by atoms with van der Waals surface area (Å²) in [4.78, 5) is 16.0. The average molecular weight is 358 g/mol. The molecule has 0 bridgehead atoms. The van der Waals surface area contributed by atoms with Crippen LogP contribution < -0.4 is 16.0 Å². The molecule has 0 aliphatic heterocycles. The van der Waals surface area contributed by atoms with Gasteiger partial charge in [0.2, 0.25) is 0 Å². The van der Waals surface area contributed by atoms with Crippen molar-refractivity contribution < 1.29 is 17.6 Å². The van der Waals surface area contributed by atoms with Crippen LogP contribution in [0.15, 0.2) is 27.8 Å². The van der Waals surface area contributed by atoms with Crippen molar-refractivity contribution in [2.75, 3.05) is 31.6 Å². The van der Waals surface area contributed by atoms with Crippen LogP contribution in [-0.4, -0.2) is 58.0 Å². The highest BCUT2D eigenvalue weighted by atomic mass is 32.2. The van der Waals surface area contributed by atoms with Crippen LogP contribution in [-0.2, 0) is 9.84 Å². The summed E-state index contributed by atoms with van der Waals surface area (Å²) < 4.78 is 27.4. The fourth-order valence-electron chi connectivity index (χ4n) is 1.85. The molecule has 0 saturated carbocycles. The van der Waals surface area contributed by atoms with Crippen molar-refractivity contribution in [2.24, 2.45) is 4.99 Å². The van der Waals surface area contributed by atoms with Crippen LogP contribution in [0.2, 0.25) is 0 Å². The Morgan fingerprint density at radius 2 is 2.12 bits per heavy atom. The third kappa shape index (κ3) is 8.56. The minimum Gasteiger partial charge on any atom is -0.459 e. The Bertz CT molecular complexity index is 626. The standard InChI is InChI=1S/C15H26N4O4S/c1-4-16-15(19-12(2)7-11-24(3,21)22)18-9-8-17-14(20)13-6-5-10-23-13/h5-6,10,12H,4,7-9,11H2,1-3H3,(H,17,20)(H2,16,18,19). The number of carbonyl (C=O) groups excluding carboxylic acids is 1. The molecule has 8 nitrogen and oxygen atoms in total. The molecule has 1 aromatic heterocycles. The molecule has 0 saturated heterocycles. The van der Waals surface area contributed by atoms with Crippen LogP contribution >= 0.6 is 0 Å². The van der Waals surface area contributed by atoms with E-state index in [9.17, 15) is 13.2 Å². The van der Waals surface area contributed by atoms with Gasteiger partial charge in [-0.2, -0.15) is 0 Å². The third-order valence-corrected chi connectivity index (χ3v) is 4.04. The quantitative estimate of drug-likeness (QED) is 0.334. The van der Waals surface area contributed by atoms with Crippen molar-refractivity contribution in [1.29, 1.82) is 0 Å². The Hall–Kier alpha value is -2.03. The molecule has 1 unspecified atom stereocenters. The van der Waals surface area contributed by atoms with E-state index in [0.717, 1.165) is 0 Å². The minimum atomic E-state index is -2.98. The van der Waals surface area contributed by atoms with Gasteiger partial charge in [-0.25, -0.2) is 8.42 Å². The van der Waals surface area contributed by atoms with Gasteiger partial charge in [0, 0.05) is 25.4 Å². The summed E-state index contributed by atoms with van der Waals surface area (Å²) in [5.41, 5.74) is 0. The molecule has 0 radical (unpaired) electrons. The van der Waals surface area contributed by atoms with Crippen molar-refractivity contribution in [3.63, 3.8) is 0 Å². The second kappa shape index (κ2) is 9.96. The number of guanidine groups is 1. The van der Waals surface area contributed by atoms with Crippen LogP contribution in [0.25, 0.3) is 0 Å². The van der Waals surface area contributed by atoms with Gasteiger partial charge in [-0.15, -0.1) is 0 Å². The Morgan fingerprint density at radius 3 is 2.71 bits per heavy atom. The Labute approximate surface area is 143 Å². The lowest BCUT2D eigenvalue weighted by Gasteiger charge is -2.17. The molecule has 1 aromatic rings. The fraction of sp³-hybridized carbons (Fsp3) is 0.600. The molecule has 0 fully saturated rings. The molecule has 0 aliphatic rings. The molecule has 1 heterocycles. The van der Waals surface area contributed by atoms with Crippen LogP contribution in [0.3, 0.4) is 0 Å². The van der Waals surface area contributed by atoms with Crippen LogP contribution in [0.5, 0.6) is 0 Å². The van der Waals surface area contributed by atoms with E-state index in [4.69, 9.17) is 4.42 Å². The summed E-state index contributed by atoms with van der Waals surface area (Å²) in [6.45, 7) is 5.28. The van der Waals surface area contributed by atoms with Gasteiger partial charge in [-0.3, -0.25) is 9.79 Å². The predicted octanol–water partition coefficient (Wildman–Crippen LogP) is 0.388. The zero-order chi connectivity index (χ0) is 18.0. The summed E-state index contributed by atoms with van der Waals surface area (Å²) >= 11 is 0. The zero-order valence-electron chi connectivity index (χ0n) is 14.3. The monoisotopic (exact) mass is 358 g/mol. The summed E-state index contributed by atoms with van der Waals surface area (Å²) in [5, 5.41) is 8.94. The SMILES string of the molecule is CCNC(=NCCNC(=O)c1ccco1)NC(C)CCS(C)(=O)=O. The van der Waals surface area contributed by atoms with Gasteiger partial charge in [-0.05, 0) is 32.4 Å². The first kappa shape index (κ1) is 20.0. The number of amides is 1. The number of aliphatic imine (C=N–C) groups is 1. The van der Waals surface area contributed by atoms with Crippen LogP contribution in [0.4, 0.5) is 0 Å². The second-order valence-corrected chi connectivity index (χ2v) is 7.72. The number of carbonyl (C=O) groups is 1. The Morgan fingerprint density at radius 1 is 1.38 bits per heavy atom. The molecule has 9 heteroatoms. The van der Waals surface area contributed by atoms with Gasteiger partial charge in [-0.1, -0.05) is 0 Å². The molecule has 0 aromatic carbocycles. The maximum Gasteiger partial charge on any atom is 0.287 e. The largest absolute Gasteiger partial charge is 0.459 e. The van der Waals surface area contributed by atoms with Crippen LogP contribution in [0.1, 0.15) is 30.8 Å². The molecule has 24 heavy (non-hydrogen) atoms. The van der Waals surface area contributed by atoms with Crippen molar-refractivity contribution in [2.45, 2.75) is 26.3 Å². The van der Waals surface area contributed by atoms with E-state index < -0.39 is 9.84 Å². The highest BCUT2D eigenvalue weighted by Crippen LogP contribution is 1.98. The Balaban J connectivity index is 2.40. The number of furan rings is 1. The van der Waals surface area contributed by atoms with Gasteiger partial charge in [0.25, 0.3) is 5.91 Å². The van der Waals surface area contributed by atoms with Crippen molar-refractivity contribution in [1.82, 2.24) is 16.0 Å². The third-order valence-electron chi connectivity index (χ3n) is 3.06. The number of nitrogens with one attached hydrogen (secondary N) is 3. The van der Waals surface area contributed by atoms with Crippen molar-refractivity contribution >= 4 is 21.7 Å². The van der Waals surface area contributed by atoms with Crippen molar-refractivity contribution in [3.05, 3.63) is 24.2 Å². The average Bonchev–Trinajstić information content (AvgIpc) is 3.03. The van der Waals surface area contributed by atoms with E-state index in [1.807, 2.05) is 13.8 Å². The smallest absolute Gasteiger partial charge is 0.287 e. The summed E-state index contributed by atoms with van der Waals surface area (Å²) in [6, 6.07) is 3.21. The first-order valence-corrected chi connectivity index (χ1v) is 9.92. The highest BCUT2D eigenvalue weighted by Gasteiger charge is 2.10. The fourth-order valence-corrected chi connectivity index (χ4v) is 2.63.